The van der Waals surface area contributed by atoms with E-state index in [0.29, 0.717) is 23.9 Å². The molecule has 2 N–H and O–H groups in total. The van der Waals surface area contributed by atoms with Crippen LogP contribution >= 0.6 is 0 Å². The second kappa shape index (κ2) is 6.16. The van der Waals surface area contributed by atoms with Gasteiger partial charge in [0.15, 0.2) is 0 Å². The molecule has 1 aromatic rings. The maximum absolute atomic E-state index is 12.1. The Kier molecular flexibility index (Phi) is 4.53. The molecule has 20 heavy (non-hydrogen) atoms. The molecule has 0 amide bonds. The minimum absolute atomic E-state index is 0.295. The molecule has 0 saturated heterocycles. The molecule has 0 aliphatic heterocycles. The largest absolute Gasteiger partial charge is 0.462 e. The molecule has 1 aromatic carbocycles. The number of nitrogens with two attached hydrogens (primary N) is 1. The number of hydrogen-bond donors (Lipinski definition) is 1. The van der Waals surface area contributed by atoms with Gasteiger partial charge in [0.2, 0.25) is 0 Å². The van der Waals surface area contributed by atoms with Crippen LogP contribution in [0.15, 0.2) is 18.2 Å². The highest BCUT2D eigenvalue weighted by Crippen LogP contribution is 2.34. The van der Waals surface area contributed by atoms with Crippen molar-refractivity contribution in [3.8, 4) is 0 Å². The summed E-state index contributed by atoms with van der Waals surface area (Å²) in [6.07, 6.45) is 2.57. The van der Waals surface area contributed by atoms with Crippen LogP contribution in [0.2, 0.25) is 0 Å². The summed E-state index contributed by atoms with van der Waals surface area (Å²) in [4.78, 5) is 14.4. The SMILES string of the molecule is CCOC(=O)c1cc(N)ccc1N(CC1CC1)C(C)C. The fourth-order valence-electron chi connectivity index (χ4n) is 2.34. The normalized spacial score (nSPS) is 14.4. The summed E-state index contributed by atoms with van der Waals surface area (Å²) in [5, 5.41) is 0. The Morgan fingerprint density at radius 2 is 2.15 bits per heavy atom. The Balaban J connectivity index is 2.33. The van der Waals surface area contributed by atoms with Crippen molar-refractivity contribution in [1.29, 1.82) is 0 Å². The van der Waals surface area contributed by atoms with E-state index in [0.717, 1.165) is 18.2 Å². The lowest BCUT2D eigenvalue weighted by Crippen LogP contribution is -2.34. The molecule has 0 atom stereocenters. The third-order valence-corrected chi connectivity index (χ3v) is 3.60. The summed E-state index contributed by atoms with van der Waals surface area (Å²) < 4.78 is 5.15. The average Bonchev–Trinajstić information content (AvgIpc) is 3.20. The van der Waals surface area contributed by atoms with Gasteiger partial charge in [0.1, 0.15) is 0 Å². The van der Waals surface area contributed by atoms with Gasteiger partial charge in [-0.05, 0) is 57.7 Å². The van der Waals surface area contributed by atoms with Crippen molar-refractivity contribution in [3.05, 3.63) is 23.8 Å². The van der Waals surface area contributed by atoms with E-state index >= 15 is 0 Å². The third kappa shape index (κ3) is 3.44. The van der Waals surface area contributed by atoms with Gasteiger partial charge in [-0.15, -0.1) is 0 Å². The first kappa shape index (κ1) is 14.7. The van der Waals surface area contributed by atoms with E-state index in [2.05, 4.69) is 18.7 Å². The molecule has 0 aromatic heterocycles. The number of carbonyl (C=O) groups is 1. The van der Waals surface area contributed by atoms with Crippen LogP contribution in [0, 0.1) is 5.92 Å². The molecule has 0 bridgehead atoms. The molecule has 1 saturated carbocycles. The first-order valence-corrected chi connectivity index (χ1v) is 7.36. The smallest absolute Gasteiger partial charge is 0.340 e. The van der Waals surface area contributed by atoms with Crippen molar-refractivity contribution in [1.82, 2.24) is 0 Å². The molecule has 2 rings (SSSR count). The molecule has 0 radical (unpaired) electrons. The summed E-state index contributed by atoms with van der Waals surface area (Å²) in [7, 11) is 0. The zero-order valence-corrected chi connectivity index (χ0v) is 12.6. The molecule has 4 nitrogen and oxygen atoms in total. The van der Waals surface area contributed by atoms with Crippen molar-refractivity contribution < 1.29 is 9.53 Å². The molecule has 0 spiro atoms. The summed E-state index contributed by atoms with van der Waals surface area (Å²) in [5.74, 6) is 0.459. The summed E-state index contributed by atoms with van der Waals surface area (Å²) in [6, 6.07) is 5.84. The van der Waals surface area contributed by atoms with Crippen LogP contribution in [-0.4, -0.2) is 25.2 Å². The summed E-state index contributed by atoms with van der Waals surface area (Å²) in [6.45, 7) is 7.47. The maximum atomic E-state index is 12.1. The number of benzene rings is 1. The van der Waals surface area contributed by atoms with Crippen molar-refractivity contribution in [3.63, 3.8) is 0 Å². The number of rotatable bonds is 6. The average molecular weight is 276 g/mol. The molecular formula is C16H24N2O2. The molecule has 1 aliphatic rings. The van der Waals surface area contributed by atoms with Crippen molar-refractivity contribution in [2.75, 3.05) is 23.8 Å². The Bertz CT molecular complexity index is 481. The van der Waals surface area contributed by atoms with Gasteiger partial charge in [-0.2, -0.15) is 0 Å². The molecule has 4 heteroatoms. The lowest BCUT2D eigenvalue weighted by atomic mass is 10.1. The Hall–Kier alpha value is -1.71. The van der Waals surface area contributed by atoms with Crippen LogP contribution in [0.3, 0.4) is 0 Å². The number of ether oxygens (including phenoxy) is 1. The van der Waals surface area contributed by atoms with E-state index in [1.54, 1.807) is 6.07 Å². The number of hydrogen-bond acceptors (Lipinski definition) is 4. The van der Waals surface area contributed by atoms with Crippen molar-refractivity contribution >= 4 is 17.3 Å². The van der Waals surface area contributed by atoms with Crippen molar-refractivity contribution in [2.24, 2.45) is 5.92 Å². The van der Waals surface area contributed by atoms with Crippen LogP contribution in [0.1, 0.15) is 44.0 Å². The highest BCUT2D eigenvalue weighted by atomic mass is 16.5. The van der Waals surface area contributed by atoms with Crippen LogP contribution in [0.5, 0.6) is 0 Å². The van der Waals surface area contributed by atoms with Crippen LogP contribution in [0.4, 0.5) is 11.4 Å². The minimum Gasteiger partial charge on any atom is -0.462 e. The zero-order valence-electron chi connectivity index (χ0n) is 12.6. The minimum atomic E-state index is -0.295. The zero-order chi connectivity index (χ0) is 14.7. The van der Waals surface area contributed by atoms with Gasteiger partial charge in [-0.25, -0.2) is 4.79 Å². The standard InChI is InChI=1S/C16H24N2O2/c1-4-20-16(19)14-9-13(17)7-8-15(14)18(11(2)3)10-12-5-6-12/h7-9,11-12H,4-6,10,17H2,1-3H3. The fraction of sp³-hybridized carbons (Fsp3) is 0.562. The highest BCUT2D eigenvalue weighted by Gasteiger charge is 2.28. The van der Waals surface area contributed by atoms with E-state index in [1.807, 2.05) is 19.1 Å². The van der Waals surface area contributed by atoms with E-state index in [1.165, 1.54) is 12.8 Å². The number of anilines is 2. The third-order valence-electron chi connectivity index (χ3n) is 3.60. The van der Waals surface area contributed by atoms with Gasteiger partial charge < -0.3 is 15.4 Å². The summed E-state index contributed by atoms with van der Waals surface area (Å²) >= 11 is 0. The Morgan fingerprint density at radius 3 is 2.70 bits per heavy atom. The van der Waals surface area contributed by atoms with Gasteiger partial charge in [0.05, 0.1) is 17.9 Å². The molecule has 1 aliphatic carbocycles. The number of nitrogens with zero attached hydrogens (tertiary/aromatic N) is 1. The second-order valence-corrected chi connectivity index (χ2v) is 5.69. The van der Waals surface area contributed by atoms with Gasteiger partial charge in [-0.1, -0.05) is 0 Å². The number of esters is 1. The predicted molar refractivity (Wildman–Crippen MR) is 82.0 cm³/mol. The van der Waals surface area contributed by atoms with Crippen LogP contribution in [0.25, 0.3) is 0 Å². The monoisotopic (exact) mass is 276 g/mol. The quantitative estimate of drug-likeness (QED) is 0.641. The predicted octanol–water partition coefficient (Wildman–Crippen LogP) is 3.07. The van der Waals surface area contributed by atoms with E-state index < -0.39 is 0 Å². The van der Waals surface area contributed by atoms with Gasteiger partial charge in [0, 0.05) is 18.3 Å². The van der Waals surface area contributed by atoms with E-state index in [4.69, 9.17) is 10.5 Å². The van der Waals surface area contributed by atoms with E-state index in [-0.39, 0.29) is 5.97 Å². The maximum Gasteiger partial charge on any atom is 0.340 e. The first-order valence-electron chi connectivity index (χ1n) is 7.36. The second-order valence-electron chi connectivity index (χ2n) is 5.69. The number of carbonyl (C=O) groups excluding carboxylic acids is 1. The van der Waals surface area contributed by atoms with Gasteiger partial charge >= 0.3 is 5.97 Å². The fourth-order valence-corrected chi connectivity index (χ4v) is 2.34. The first-order chi connectivity index (χ1) is 9.52. The molecular weight excluding hydrogens is 252 g/mol. The highest BCUT2D eigenvalue weighted by molar-refractivity contribution is 5.97. The molecule has 0 heterocycles. The summed E-state index contributed by atoms with van der Waals surface area (Å²) in [5.41, 5.74) is 7.92. The van der Waals surface area contributed by atoms with Gasteiger partial charge in [-0.3, -0.25) is 0 Å². The van der Waals surface area contributed by atoms with Crippen LogP contribution < -0.4 is 10.6 Å². The number of nitrogen functional groups attached to an aromatic ring is 1. The Morgan fingerprint density at radius 1 is 1.45 bits per heavy atom. The van der Waals surface area contributed by atoms with Gasteiger partial charge in [0.25, 0.3) is 0 Å². The topological polar surface area (TPSA) is 55.6 Å². The molecule has 1 fully saturated rings. The molecule has 0 unspecified atom stereocenters. The van der Waals surface area contributed by atoms with E-state index in [9.17, 15) is 4.79 Å². The Labute approximate surface area is 120 Å². The molecule has 110 valence electrons. The lowest BCUT2D eigenvalue weighted by Gasteiger charge is -2.30. The lowest BCUT2D eigenvalue weighted by molar-refractivity contribution is 0.0527. The van der Waals surface area contributed by atoms with Crippen molar-refractivity contribution in [2.45, 2.75) is 39.7 Å². The van der Waals surface area contributed by atoms with Crippen LogP contribution in [-0.2, 0) is 4.74 Å².